The normalized spacial score (nSPS) is 11.7. The van der Waals surface area contributed by atoms with Crippen molar-refractivity contribution >= 4 is 5.69 Å². The molecule has 1 N–H and O–H groups in total. The minimum atomic E-state index is -0.0846. The van der Waals surface area contributed by atoms with Crippen LogP contribution in [-0.2, 0) is 4.74 Å². The van der Waals surface area contributed by atoms with Crippen LogP contribution in [0.4, 0.5) is 5.69 Å². The van der Waals surface area contributed by atoms with E-state index in [9.17, 15) is 0 Å². The molecule has 1 aromatic rings. The van der Waals surface area contributed by atoms with Crippen LogP contribution in [0.1, 0.15) is 34.1 Å². The van der Waals surface area contributed by atoms with Crippen LogP contribution < -0.4 is 10.1 Å². The zero-order valence-corrected chi connectivity index (χ0v) is 12.8. The van der Waals surface area contributed by atoms with Gasteiger partial charge in [0.05, 0.1) is 12.2 Å². The molecule has 108 valence electrons. The summed E-state index contributed by atoms with van der Waals surface area (Å²) >= 11 is 0. The van der Waals surface area contributed by atoms with Gasteiger partial charge in [0, 0.05) is 25.4 Å². The Morgan fingerprint density at radius 2 is 2.00 bits per heavy atom. The molecule has 0 atom stereocenters. The maximum absolute atomic E-state index is 5.71. The lowest BCUT2D eigenvalue weighted by molar-refractivity contribution is 0.0185. The average Bonchev–Trinajstić information content (AvgIpc) is 2.37. The van der Waals surface area contributed by atoms with E-state index >= 15 is 0 Å². The van der Waals surface area contributed by atoms with E-state index in [0.717, 1.165) is 31.0 Å². The summed E-state index contributed by atoms with van der Waals surface area (Å²) in [5, 5.41) is 3.40. The van der Waals surface area contributed by atoms with Crippen molar-refractivity contribution in [1.82, 2.24) is 0 Å². The fraction of sp³-hybridized carbons (Fsp3) is 0.625. The van der Waals surface area contributed by atoms with Crippen molar-refractivity contribution in [1.29, 1.82) is 0 Å². The predicted octanol–water partition coefficient (Wildman–Crippen LogP) is 3.95. The fourth-order valence-corrected chi connectivity index (χ4v) is 1.57. The Labute approximate surface area is 117 Å². The number of hydrogen-bond donors (Lipinski definition) is 1. The molecule has 1 aromatic carbocycles. The van der Waals surface area contributed by atoms with Crippen molar-refractivity contribution in [2.75, 3.05) is 25.6 Å². The molecular weight excluding hydrogens is 238 g/mol. The Hall–Kier alpha value is -1.22. The summed E-state index contributed by atoms with van der Waals surface area (Å²) in [6, 6.07) is 8.11. The van der Waals surface area contributed by atoms with Crippen LogP contribution in [0.25, 0.3) is 0 Å². The molecule has 0 unspecified atom stereocenters. The molecule has 0 aromatic heterocycles. The Bertz CT molecular complexity index is 375. The maximum Gasteiger partial charge on any atom is 0.121 e. The van der Waals surface area contributed by atoms with Crippen LogP contribution in [0, 0.1) is 5.92 Å². The predicted molar refractivity (Wildman–Crippen MR) is 81.0 cm³/mol. The van der Waals surface area contributed by atoms with E-state index < -0.39 is 0 Å². The van der Waals surface area contributed by atoms with Gasteiger partial charge in [-0.25, -0.2) is 0 Å². The summed E-state index contributed by atoms with van der Waals surface area (Å²) in [6.45, 7) is 10.1. The van der Waals surface area contributed by atoms with Crippen LogP contribution in [0.3, 0.4) is 0 Å². The second-order valence-corrected chi connectivity index (χ2v) is 5.87. The number of rotatable bonds is 8. The lowest BCUT2D eigenvalue weighted by atomic mass is 10.1. The zero-order valence-electron chi connectivity index (χ0n) is 12.8. The molecule has 0 aliphatic heterocycles. The quantitative estimate of drug-likeness (QED) is 0.772. The van der Waals surface area contributed by atoms with Gasteiger partial charge in [-0.2, -0.15) is 0 Å². The second kappa shape index (κ2) is 7.39. The van der Waals surface area contributed by atoms with Crippen LogP contribution >= 0.6 is 0 Å². The fourth-order valence-electron chi connectivity index (χ4n) is 1.57. The van der Waals surface area contributed by atoms with E-state index in [1.165, 1.54) is 0 Å². The van der Waals surface area contributed by atoms with E-state index in [1.54, 1.807) is 7.11 Å². The molecule has 19 heavy (non-hydrogen) atoms. The largest absolute Gasteiger partial charge is 0.493 e. The highest BCUT2D eigenvalue weighted by Gasteiger charge is 2.15. The summed E-state index contributed by atoms with van der Waals surface area (Å²) < 4.78 is 11.1. The van der Waals surface area contributed by atoms with Crippen molar-refractivity contribution in [2.24, 2.45) is 5.92 Å². The Morgan fingerprint density at radius 1 is 1.26 bits per heavy atom. The van der Waals surface area contributed by atoms with Crippen LogP contribution in [0.5, 0.6) is 5.75 Å². The minimum absolute atomic E-state index is 0.0846. The smallest absolute Gasteiger partial charge is 0.121 e. The van der Waals surface area contributed by atoms with Gasteiger partial charge in [0.1, 0.15) is 5.75 Å². The van der Waals surface area contributed by atoms with E-state index in [2.05, 4.69) is 39.1 Å². The summed E-state index contributed by atoms with van der Waals surface area (Å²) in [4.78, 5) is 0. The highest BCUT2D eigenvalue weighted by molar-refractivity contribution is 5.48. The molecule has 3 heteroatoms. The molecule has 0 heterocycles. The van der Waals surface area contributed by atoms with E-state index in [1.807, 2.05) is 18.2 Å². The summed E-state index contributed by atoms with van der Waals surface area (Å²) in [6.07, 6.45) is 0.959. The number of anilines is 1. The molecule has 0 aliphatic carbocycles. The third kappa shape index (κ3) is 6.48. The summed E-state index contributed by atoms with van der Waals surface area (Å²) in [5.41, 5.74) is 1.01. The summed E-state index contributed by atoms with van der Waals surface area (Å²) in [5.74, 6) is 1.46. The molecule has 0 saturated heterocycles. The molecule has 0 bridgehead atoms. The molecule has 0 saturated carbocycles. The Kier molecular flexibility index (Phi) is 6.16. The SMILES string of the molecule is COC(C)(C)CCNc1cccc(OCC(C)C)c1. The molecule has 1 rings (SSSR count). The van der Waals surface area contributed by atoms with Gasteiger partial charge in [-0.1, -0.05) is 19.9 Å². The van der Waals surface area contributed by atoms with Gasteiger partial charge in [0.15, 0.2) is 0 Å². The first-order chi connectivity index (χ1) is 8.93. The number of hydrogen-bond acceptors (Lipinski definition) is 3. The number of nitrogens with one attached hydrogen (secondary N) is 1. The molecule has 0 spiro atoms. The van der Waals surface area contributed by atoms with E-state index in [4.69, 9.17) is 9.47 Å². The van der Waals surface area contributed by atoms with Gasteiger partial charge in [0.2, 0.25) is 0 Å². The van der Waals surface area contributed by atoms with Gasteiger partial charge in [-0.3, -0.25) is 0 Å². The first-order valence-corrected chi connectivity index (χ1v) is 6.95. The highest BCUT2D eigenvalue weighted by atomic mass is 16.5. The van der Waals surface area contributed by atoms with Gasteiger partial charge < -0.3 is 14.8 Å². The third-order valence-corrected chi connectivity index (χ3v) is 3.03. The molecule has 0 aliphatic rings. The molecule has 0 amide bonds. The molecular formula is C16H27NO2. The molecule has 0 fully saturated rings. The number of ether oxygens (including phenoxy) is 2. The van der Waals surface area contributed by atoms with Crippen LogP contribution in [0.15, 0.2) is 24.3 Å². The average molecular weight is 265 g/mol. The lowest BCUT2D eigenvalue weighted by Gasteiger charge is -2.23. The molecule has 3 nitrogen and oxygen atoms in total. The Morgan fingerprint density at radius 3 is 2.63 bits per heavy atom. The molecule has 0 radical (unpaired) electrons. The first-order valence-electron chi connectivity index (χ1n) is 6.95. The van der Waals surface area contributed by atoms with Crippen molar-refractivity contribution in [2.45, 2.75) is 39.7 Å². The van der Waals surface area contributed by atoms with Gasteiger partial charge in [0.25, 0.3) is 0 Å². The number of benzene rings is 1. The third-order valence-electron chi connectivity index (χ3n) is 3.03. The minimum Gasteiger partial charge on any atom is -0.493 e. The van der Waals surface area contributed by atoms with E-state index in [0.29, 0.717) is 5.92 Å². The number of methoxy groups -OCH3 is 1. The first kappa shape index (κ1) is 15.8. The van der Waals surface area contributed by atoms with Crippen LogP contribution in [0.2, 0.25) is 0 Å². The van der Waals surface area contributed by atoms with Crippen molar-refractivity contribution in [3.05, 3.63) is 24.3 Å². The maximum atomic E-state index is 5.71. The topological polar surface area (TPSA) is 30.5 Å². The van der Waals surface area contributed by atoms with Crippen LogP contribution in [-0.4, -0.2) is 25.9 Å². The Balaban J connectivity index is 2.44. The standard InChI is InChI=1S/C16H27NO2/c1-13(2)12-19-15-8-6-7-14(11-15)17-10-9-16(3,4)18-5/h6-8,11,13,17H,9-10,12H2,1-5H3. The highest BCUT2D eigenvalue weighted by Crippen LogP contribution is 2.19. The van der Waals surface area contributed by atoms with Crippen molar-refractivity contribution < 1.29 is 9.47 Å². The zero-order chi connectivity index (χ0) is 14.3. The van der Waals surface area contributed by atoms with Crippen molar-refractivity contribution in [3.8, 4) is 5.75 Å². The second-order valence-electron chi connectivity index (χ2n) is 5.87. The monoisotopic (exact) mass is 265 g/mol. The van der Waals surface area contributed by atoms with Gasteiger partial charge in [-0.05, 0) is 38.3 Å². The van der Waals surface area contributed by atoms with E-state index in [-0.39, 0.29) is 5.60 Å². The summed E-state index contributed by atoms with van der Waals surface area (Å²) in [7, 11) is 1.75. The van der Waals surface area contributed by atoms with Gasteiger partial charge >= 0.3 is 0 Å². The van der Waals surface area contributed by atoms with Gasteiger partial charge in [-0.15, -0.1) is 0 Å². The lowest BCUT2D eigenvalue weighted by Crippen LogP contribution is -2.25. The van der Waals surface area contributed by atoms with Crippen molar-refractivity contribution in [3.63, 3.8) is 0 Å².